The third kappa shape index (κ3) is 3.85. The molecule has 20 heavy (non-hydrogen) atoms. The summed E-state index contributed by atoms with van der Waals surface area (Å²) in [6.45, 7) is 3.05. The number of hydrogen-bond acceptors (Lipinski definition) is 3. The quantitative estimate of drug-likeness (QED) is 0.924. The second kappa shape index (κ2) is 6.76. The number of amides is 1. The molecule has 1 aromatic carbocycles. The van der Waals surface area contributed by atoms with Crippen molar-refractivity contribution in [2.75, 3.05) is 33.7 Å². The van der Waals surface area contributed by atoms with Crippen LogP contribution in [0.1, 0.15) is 5.56 Å². The smallest absolute Gasteiger partial charge is 0.240 e. The van der Waals surface area contributed by atoms with Crippen LogP contribution < -0.4 is 5.32 Å². The summed E-state index contributed by atoms with van der Waals surface area (Å²) in [7, 11) is 3.57. The van der Waals surface area contributed by atoms with Crippen LogP contribution in [0.5, 0.6) is 0 Å². The lowest BCUT2D eigenvalue weighted by Gasteiger charge is -2.36. The summed E-state index contributed by atoms with van der Waals surface area (Å²) in [5, 5.41) is 4.51. The maximum Gasteiger partial charge on any atom is 0.240 e. The van der Waals surface area contributed by atoms with Gasteiger partial charge in [0.25, 0.3) is 0 Å². The molecule has 1 amide bonds. The zero-order valence-corrected chi connectivity index (χ0v) is 13.2. The molecule has 6 heteroatoms. The fourth-order valence-electron chi connectivity index (χ4n) is 2.41. The summed E-state index contributed by atoms with van der Waals surface area (Å²) in [4.78, 5) is 16.0. The first-order valence-corrected chi connectivity index (χ1v) is 7.34. The number of nitrogens with zero attached hydrogens (tertiary/aromatic N) is 2. The second-order valence-corrected chi connectivity index (χ2v) is 6.07. The van der Waals surface area contributed by atoms with Gasteiger partial charge in [-0.05, 0) is 23.8 Å². The fraction of sp³-hybridized carbons (Fsp3) is 0.500. The largest absolute Gasteiger partial charge is 0.347 e. The molecule has 0 aromatic heterocycles. The highest BCUT2D eigenvalue weighted by atomic mass is 35.5. The average Bonchev–Trinajstić information content (AvgIpc) is 2.37. The molecule has 0 saturated carbocycles. The van der Waals surface area contributed by atoms with E-state index in [0.717, 1.165) is 18.7 Å². The predicted octanol–water partition coefficient (Wildman–Crippen LogP) is 1.86. The maximum absolute atomic E-state index is 12.2. The van der Waals surface area contributed by atoms with E-state index in [1.54, 1.807) is 25.1 Å². The topological polar surface area (TPSA) is 35.6 Å². The van der Waals surface area contributed by atoms with Crippen molar-refractivity contribution in [1.82, 2.24) is 15.1 Å². The molecule has 2 rings (SSSR count). The van der Waals surface area contributed by atoms with Gasteiger partial charge in [-0.1, -0.05) is 23.2 Å². The van der Waals surface area contributed by atoms with Crippen LogP contribution in [0.15, 0.2) is 18.2 Å². The van der Waals surface area contributed by atoms with E-state index in [9.17, 15) is 4.79 Å². The molecule has 1 saturated heterocycles. The second-order valence-electron chi connectivity index (χ2n) is 5.20. The number of carbonyl (C=O) groups excluding carboxylic acids is 1. The van der Waals surface area contributed by atoms with Crippen molar-refractivity contribution in [2.24, 2.45) is 0 Å². The Morgan fingerprint density at radius 3 is 2.60 bits per heavy atom. The summed E-state index contributed by atoms with van der Waals surface area (Å²) < 4.78 is 0. The first kappa shape index (κ1) is 15.6. The average molecular weight is 316 g/mol. The van der Waals surface area contributed by atoms with Gasteiger partial charge in [-0.2, -0.15) is 0 Å². The highest BCUT2D eigenvalue weighted by Crippen LogP contribution is 2.21. The summed E-state index contributed by atoms with van der Waals surface area (Å²) in [5.74, 6) is 0.116. The van der Waals surface area contributed by atoms with E-state index in [-0.39, 0.29) is 11.9 Å². The van der Waals surface area contributed by atoms with E-state index in [4.69, 9.17) is 23.2 Å². The molecule has 1 N–H and O–H groups in total. The van der Waals surface area contributed by atoms with Gasteiger partial charge in [0.2, 0.25) is 5.91 Å². The van der Waals surface area contributed by atoms with E-state index < -0.39 is 0 Å². The van der Waals surface area contributed by atoms with Crippen molar-refractivity contribution in [2.45, 2.75) is 12.6 Å². The number of nitrogens with one attached hydrogen (secondary N) is 1. The van der Waals surface area contributed by atoms with E-state index in [1.807, 2.05) is 12.1 Å². The van der Waals surface area contributed by atoms with E-state index >= 15 is 0 Å². The zero-order valence-electron chi connectivity index (χ0n) is 11.7. The highest BCUT2D eigenvalue weighted by molar-refractivity contribution is 6.34. The molecule has 0 aliphatic carbocycles. The Bertz CT molecular complexity index is 473. The van der Waals surface area contributed by atoms with Crippen molar-refractivity contribution in [3.8, 4) is 0 Å². The number of halogens is 2. The molecule has 110 valence electrons. The van der Waals surface area contributed by atoms with Gasteiger partial charge in [0.15, 0.2) is 0 Å². The molecule has 0 bridgehead atoms. The molecule has 0 radical (unpaired) electrons. The summed E-state index contributed by atoms with van der Waals surface area (Å²) in [6, 6.07) is 5.36. The predicted molar refractivity (Wildman–Crippen MR) is 82.2 cm³/mol. The summed E-state index contributed by atoms with van der Waals surface area (Å²) in [6.07, 6.45) is 0. The minimum Gasteiger partial charge on any atom is -0.347 e. The first-order chi connectivity index (χ1) is 9.47. The Morgan fingerprint density at radius 1 is 1.35 bits per heavy atom. The van der Waals surface area contributed by atoms with Gasteiger partial charge in [-0.3, -0.25) is 9.69 Å². The van der Waals surface area contributed by atoms with Crippen LogP contribution in [0, 0.1) is 0 Å². The van der Waals surface area contributed by atoms with E-state index in [0.29, 0.717) is 23.1 Å². The third-order valence-electron chi connectivity index (χ3n) is 3.39. The van der Waals surface area contributed by atoms with E-state index in [1.165, 1.54) is 0 Å². The summed E-state index contributed by atoms with van der Waals surface area (Å²) in [5.41, 5.74) is 1.03. The number of carbonyl (C=O) groups is 1. The number of piperazine rings is 1. The Balaban J connectivity index is 2.14. The van der Waals surface area contributed by atoms with Gasteiger partial charge >= 0.3 is 0 Å². The molecular weight excluding hydrogens is 297 g/mol. The monoisotopic (exact) mass is 315 g/mol. The normalized spacial score (nSPS) is 19.9. The van der Waals surface area contributed by atoms with Crippen LogP contribution in [0.4, 0.5) is 0 Å². The van der Waals surface area contributed by atoms with E-state index in [2.05, 4.69) is 10.2 Å². The van der Waals surface area contributed by atoms with Crippen LogP contribution in [-0.4, -0.2) is 55.5 Å². The van der Waals surface area contributed by atoms with Crippen LogP contribution >= 0.6 is 23.2 Å². The number of likely N-dealkylation sites (N-methyl/N-ethyl adjacent to an activating group) is 1. The Kier molecular flexibility index (Phi) is 5.27. The Hall–Kier alpha value is -0.810. The van der Waals surface area contributed by atoms with Gasteiger partial charge in [0.05, 0.1) is 0 Å². The lowest BCUT2D eigenvalue weighted by molar-refractivity contribution is -0.135. The number of benzene rings is 1. The SMILES string of the molecule is CN(C)C(=O)C1CNCCN1Cc1cc(Cl)cc(Cl)c1. The van der Waals surface area contributed by atoms with Crippen LogP contribution in [0.2, 0.25) is 10.0 Å². The van der Waals surface area contributed by atoms with Crippen LogP contribution in [0.25, 0.3) is 0 Å². The van der Waals surface area contributed by atoms with Crippen molar-refractivity contribution in [3.63, 3.8) is 0 Å². The lowest BCUT2D eigenvalue weighted by Crippen LogP contribution is -2.57. The zero-order chi connectivity index (χ0) is 14.7. The van der Waals surface area contributed by atoms with Crippen molar-refractivity contribution in [3.05, 3.63) is 33.8 Å². The van der Waals surface area contributed by atoms with Gasteiger partial charge in [-0.25, -0.2) is 0 Å². The molecule has 1 aliphatic heterocycles. The lowest BCUT2D eigenvalue weighted by atomic mass is 10.1. The first-order valence-electron chi connectivity index (χ1n) is 6.58. The van der Waals surface area contributed by atoms with Gasteiger partial charge in [0, 0.05) is 50.3 Å². The Labute approximate surface area is 129 Å². The molecular formula is C14H19Cl2N3O. The Morgan fingerprint density at radius 2 is 2.00 bits per heavy atom. The fourth-order valence-corrected chi connectivity index (χ4v) is 2.99. The van der Waals surface area contributed by atoms with Crippen LogP contribution in [-0.2, 0) is 11.3 Å². The molecule has 1 atom stereocenters. The van der Waals surface area contributed by atoms with Gasteiger partial charge < -0.3 is 10.2 Å². The third-order valence-corrected chi connectivity index (χ3v) is 3.82. The molecule has 1 aliphatic rings. The number of rotatable bonds is 3. The van der Waals surface area contributed by atoms with Gasteiger partial charge in [-0.15, -0.1) is 0 Å². The minimum atomic E-state index is -0.142. The highest BCUT2D eigenvalue weighted by Gasteiger charge is 2.29. The van der Waals surface area contributed by atoms with Crippen molar-refractivity contribution >= 4 is 29.1 Å². The molecule has 4 nitrogen and oxygen atoms in total. The van der Waals surface area contributed by atoms with Crippen LogP contribution in [0.3, 0.4) is 0 Å². The molecule has 1 unspecified atom stereocenters. The van der Waals surface area contributed by atoms with Crippen molar-refractivity contribution < 1.29 is 4.79 Å². The molecule has 0 spiro atoms. The standard InChI is InChI=1S/C14H19Cl2N3O/c1-18(2)14(20)13-8-17-3-4-19(13)9-10-5-11(15)7-12(16)6-10/h5-7,13,17H,3-4,8-9H2,1-2H3. The molecule has 1 heterocycles. The number of hydrogen-bond donors (Lipinski definition) is 1. The molecule has 1 aromatic rings. The minimum absolute atomic E-state index is 0.116. The summed E-state index contributed by atoms with van der Waals surface area (Å²) >= 11 is 12.1. The van der Waals surface area contributed by atoms with Gasteiger partial charge in [0.1, 0.15) is 6.04 Å². The molecule has 1 fully saturated rings. The maximum atomic E-state index is 12.2. The van der Waals surface area contributed by atoms with Crippen molar-refractivity contribution in [1.29, 1.82) is 0 Å².